The Kier molecular flexibility index (Phi) is 2.51. The zero-order chi connectivity index (χ0) is 10.8. The molecule has 2 rings (SSSR count). The van der Waals surface area contributed by atoms with Gasteiger partial charge in [0.05, 0.1) is 5.02 Å². The van der Waals surface area contributed by atoms with Gasteiger partial charge in [0.25, 0.3) is 5.56 Å². The van der Waals surface area contributed by atoms with Gasteiger partial charge in [0.15, 0.2) is 5.82 Å². The van der Waals surface area contributed by atoms with Gasteiger partial charge >= 0.3 is 0 Å². The molecule has 4 nitrogen and oxygen atoms in total. The standard InChI is InChI=1S/C10H8ClN3O/c1-6-4-9(15)14-10(13-6)8-3-2-7(11)5-12-8/h2-5H,1H3,(H,13,14,15). The number of pyridine rings is 1. The third kappa shape index (κ3) is 2.22. The lowest BCUT2D eigenvalue weighted by atomic mass is 10.3. The van der Waals surface area contributed by atoms with Crippen molar-refractivity contribution in [2.24, 2.45) is 0 Å². The van der Waals surface area contributed by atoms with Crippen LogP contribution in [-0.2, 0) is 0 Å². The summed E-state index contributed by atoms with van der Waals surface area (Å²) in [5, 5.41) is 0.550. The van der Waals surface area contributed by atoms with Gasteiger partial charge in [0.1, 0.15) is 5.69 Å². The van der Waals surface area contributed by atoms with E-state index in [0.29, 0.717) is 22.2 Å². The molecule has 0 saturated heterocycles. The first-order chi connectivity index (χ1) is 7.15. The van der Waals surface area contributed by atoms with Gasteiger partial charge in [-0.15, -0.1) is 0 Å². The van der Waals surface area contributed by atoms with E-state index in [2.05, 4.69) is 15.0 Å². The second-order valence-electron chi connectivity index (χ2n) is 3.10. The Morgan fingerprint density at radius 3 is 2.80 bits per heavy atom. The van der Waals surface area contributed by atoms with Crippen LogP contribution in [0.3, 0.4) is 0 Å². The van der Waals surface area contributed by atoms with E-state index < -0.39 is 0 Å². The number of nitrogens with zero attached hydrogens (tertiary/aromatic N) is 2. The Hall–Kier alpha value is -1.68. The van der Waals surface area contributed by atoms with Gasteiger partial charge < -0.3 is 4.98 Å². The summed E-state index contributed by atoms with van der Waals surface area (Å²) in [6.07, 6.45) is 1.51. The predicted octanol–water partition coefficient (Wildman–Crippen LogP) is 1.79. The van der Waals surface area contributed by atoms with E-state index in [1.807, 2.05) is 0 Å². The third-order valence-corrected chi connectivity index (χ3v) is 2.06. The van der Waals surface area contributed by atoms with Crippen molar-refractivity contribution in [3.8, 4) is 11.5 Å². The Bertz CT molecular complexity index is 533. The van der Waals surface area contributed by atoms with Crippen molar-refractivity contribution in [2.45, 2.75) is 6.92 Å². The van der Waals surface area contributed by atoms with Gasteiger partial charge in [0.2, 0.25) is 0 Å². The van der Waals surface area contributed by atoms with Crippen LogP contribution in [0.4, 0.5) is 0 Å². The van der Waals surface area contributed by atoms with Gasteiger partial charge in [-0.25, -0.2) is 4.98 Å². The summed E-state index contributed by atoms with van der Waals surface area (Å²) >= 11 is 5.71. The van der Waals surface area contributed by atoms with E-state index in [4.69, 9.17) is 11.6 Å². The third-order valence-electron chi connectivity index (χ3n) is 1.84. The van der Waals surface area contributed by atoms with Crippen LogP contribution in [0.1, 0.15) is 5.69 Å². The summed E-state index contributed by atoms with van der Waals surface area (Å²) in [7, 11) is 0. The number of halogens is 1. The second-order valence-corrected chi connectivity index (χ2v) is 3.53. The first kappa shape index (κ1) is 9.86. The van der Waals surface area contributed by atoms with Crippen LogP contribution in [0.25, 0.3) is 11.5 Å². The molecule has 15 heavy (non-hydrogen) atoms. The van der Waals surface area contributed by atoms with E-state index in [1.54, 1.807) is 19.1 Å². The molecule has 0 aliphatic heterocycles. The maximum atomic E-state index is 11.2. The molecule has 0 unspecified atom stereocenters. The Balaban J connectivity index is 2.54. The topological polar surface area (TPSA) is 58.6 Å². The molecule has 0 aliphatic rings. The maximum absolute atomic E-state index is 11.2. The lowest BCUT2D eigenvalue weighted by molar-refractivity contribution is 1.06. The lowest BCUT2D eigenvalue weighted by Crippen LogP contribution is -2.08. The summed E-state index contributed by atoms with van der Waals surface area (Å²) in [6, 6.07) is 4.84. The summed E-state index contributed by atoms with van der Waals surface area (Å²) in [6.45, 7) is 1.76. The minimum absolute atomic E-state index is 0.186. The number of rotatable bonds is 1. The van der Waals surface area contributed by atoms with E-state index in [-0.39, 0.29) is 5.56 Å². The van der Waals surface area contributed by atoms with Crippen LogP contribution in [0.15, 0.2) is 29.2 Å². The summed E-state index contributed by atoms with van der Waals surface area (Å²) in [4.78, 5) is 22.1. The van der Waals surface area contributed by atoms with E-state index in [1.165, 1.54) is 12.3 Å². The highest BCUT2D eigenvalue weighted by molar-refractivity contribution is 6.30. The van der Waals surface area contributed by atoms with Crippen LogP contribution in [-0.4, -0.2) is 15.0 Å². The molecule has 76 valence electrons. The van der Waals surface area contributed by atoms with Crippen LogP contribution < -0.4 is 5.56 Å². The van der Waals surface area contributed by atoms with Crippen LogP contribution in [0.5, 0.6) is 0 Å². The quantitative estimate of drug-likeness (QED) is 0.799. The number of aromatic amines is 1. The molecule has 0 fully saturated rings. The van der Waals surface area contributed by atoms with Crippen molar-refractivity contribution in [3.05, 3.63) is 45.5 Å². The normalized spacial score (nSPS) is 10.3. The molecule has 0 bridgehead atoms. The van der Waals surface area contributed by atoms with Crippen molar-refractivity contribution in [2.75, 3.05) is 0 Å². The largest absolute Gasteiger partial charge is 0.305 e. The highest BCUT2D eigenvalue weighted by Crippen LogP contribution is 2.13. The van der Waals surface area contributed by atoms with Crippen molar-refractivity contribution in [1.29, 1.82) is 0 Å². The van der Waals surface area contributed by atoms with Crippen molar-refractivity contribution in [1.82, 2.24) is 15.0 Å². The molecule has 0 atom stereocenters. The summed E-state index contributed by atoms with van der Waals surface area (Å²) < 4.78 is 0. The molecule has 2 aromatic rings. The summed E-state index contributed by atoms with van der Waals surface area (Å²) in [5.41, 5.74) is 1.07. The van der Waals surface area contributed by atoms with Crippen LogP contribution >= 0.6 is 11.6 Å². The molecule has 0 spiro atoms. The molecule has 0 amide bonds. The fourth-order valence-corrected chi connectivity index (χ4v) is 1.33. The number of aromatic nitrogens is 3. The monoisotopic (exact) mass is 221 g/mol. The van der Waals surface area contributed by atoms with E-state index in [0.717, 1.165) is 0 Å². The predicted molar refractivity (Wildman–Crippen MR) is 57.8 cm³/mol. The minimum Gasteiger partial charge on any atom is -0.305 e. The molecule has 2 aromatic heterocycles. The molecule has 1 N–H and O–H groups in total. The average Bonchev–Trinajstić information content (AvgIpc) is 2.17. The Labute approximate surface area is 91.0 Å². The Morgan fingerprint density at radius 2 is 2.20 bits per heavy atom. The molecular weight excluding hydrogens is 214 g/mol. The summed E-state index contributed by atoms with van der Waals surface area (Å²) in [5.74, 6) is 0.455. The zero-order valence-corrected chi connectivity index (χ0v) is 8.75. The van der Waals surface area contributed by atoms with Gasteiger partial charge in [-0.3, -0.25) is 9.78 Å². The number of H-pyrrole nitrogens is 1. The lowest BCUT2D eigenvalue weighted by Gasteiger charge is -2.00. The van der Waals surface area contributed by atoms with Gasteiger partial charge in [0, 0.05) is 18.0 Å². The number of hydrogen-bond donors (Lipinski definition) is 1. The van der Waals surface area contributed by atoms with Gasteiger partial charge in [-0.05, 0) is 19.1 Å². The molecule has 5 heteroatoms. The van der Waals surface area contributed by atoms with E-state index >= 15 is 0 Å². The van der Waals surface area contributed by atoms with Gasteiger partial charge in [-0.1, -0.05) is 11.6 Å². The highest BCUT2D eigenvalue weighted by atomic mass is 35.5. The van der Waals surface area contributed by atoms with E-state index in [9.17, 15) is 4.79 Å². The molecule has 2 heterocycles. The van der Waals surface area contributed by atoms with Crippen molar-refractivity contribution < 1.29 is 0 Å². The number of nitrogens with one attached hydrogen (secondary N) is 1. The molecule has 0 saturated carbocycles. The number of hydrogen-bond acceptors (Lipinski definition) is 3. The Morgan fingerprint density at radius 1 is 1.40 bits per heavy atom. The average molecular weight is 222 g/mol. The molecule has 0 radical (unpaired) electrons. The van der Waals surface area contributed by atoms with Crippen molar-refractivity contribution in [3.63, 3.8) is 0 Å². The smallest absolute Gasteiger partial charge is 0.251 e. The fourth-order valence-electron chi connectivity index (χ4n) is 1.22. The first-order valence-electron chi connectivity index (χ1n) is 4.35. The molecule has 0 aromatic carbocycles. The number of aryl methyl sites for hydroxylation is 1. The molecular formula is C10H8ClN3O. The SMILES string of the molecule is Cc1cc(=O)[nH]c(-c2ccc(Cl)cn2)n1. The molecule has 0 aliphatic carbocycles. The highest BCUT2D eigenvalue weighted by Gasteiger charge is 2.02. The van der Waals surface area contributed by atoms with Crippen molar-refractivity contribution >= 4 is 11.6 Å². The van der Waals surface area contributed by atoms with Crippen LogP contribution in [0.2, 0.25) is 5.02 Å². The van der Waals surface area contributed by atoms with Crippen LogP contribution in [0, 0.1) is 6.92 Å². The maximum Gasteiger partial charge on any atom is 0.251 e. The second kappa shape index (κ2) is 3.82. The van der Waals surface area contributed by atoms with Gasteiger partial charge in [-0.2, -0.15) is 0 Å². The first-order valence-corrected chi connectivity index (χ1v) is 4.73. The zero-order valence-electron chi connectivity index (χ0n) is 7.99. The minimum atomic E-state index is -0.186. The fraction of sp³-hybridized carbons (Fsp3) is 0.100.